The van der Waals surface area contributed by atoms with E-state index in [-0.39, 0.29) is 47.3 Å². The zero-order chi connectivity index (χ0) is 23.2. The number of carbonyl (C=O) groups is 2. The lowest BCUT2D eigenvalue weighted by molar-refractivity contribution is -0.119. The summed E-state index contributed by atoms with van der Waals surface area (Å²) < 4.78 is 31.9. The monoisotopic (exact) mass is 479 g/mol. The maximum atomic E-state index is 12.7. The van der Waals surface area contributed by atoms with Gasteiger partial charge < -0.3 is 15.4 Å². The van der Waals surface area contributed by atoms with E-state index in [4.69, 9.17) is 4.74 Å². The molecule has 5 rings (SSSR count). The highest BCUT2D eigenvalue weighted by atomic mass is 32.2. The van der Waals surface area contributed by atoms with Gasteiger partial charge in [-0.3, -0.25) is 9.89 Å². The molecule has 1 saturated heterocycles. The Labute approximate surface area is 194 Å². The number of H-pyrrole nitrogens is 1. The predicted molar refractivity (Wildman–Crippen MR) is 121 cm³/mol. The largest absolute Gasteiger partial charge is 0.446 e. The molecule has 0 radical (unpaired) electrons. The number of hydrogen-bond acceptors (Lipinski definition) is 6. The molecule has 0 spiro atoms. The number of alkyl carbamates (subject to hydrolysis) is 1. The number of nitrogens with one attached hydrogen (secondary N) is 3. The molecule has 3 saturated carbocycles. The molecule has 1 aliphatic heterocycles. The van der Waals surface area contributed by atoms with Crippen LogP contribution in [0.4, 0.5) is 10.6 Å². The fourth-order valence-corrected chi connectivity index (χ4v) is 7.08. The summed E-state index contributed by atoms with van der Waals surface area (Å²) in [6, 6.07) is 1.83. The van der Waals surface area contributed by atoms with Crippen molar-refractivity contribution >= 4 is 27.8 Å². The molecule has 2 amide bonds. The Morgan fingerprint density at radius 1 is 1.21 bits per heavy atom. The van der Waals surface area contributed by atoms with Crippen LogP contribution >= 0.6 is 0 Å². The lowest BCUT2D eigenvalue weighted by atomic mass is 9.79. The quantitative estimate of drug-likeness (QED) is 0.550. The third-order valence-electron chi connectivity index (χ3n) is 7.64. The third-order valence-corrected chi connectivity index (χ3v) is 10.0. The number of nitrogens with zero attached hydrogens (tertiary/aromatic N) is 2. The van der Waals surface area contributed by atoms with Crippen LogP contribution in [-0.4, -0.2) is 64.9 Å². The molecule has 3 aliphatic carbocycles. The molecule has 0 unspecified atom stereocenters. The Morgan fingerprint density at radius 2 is 2.00 bits per heavy atom. The van der Waals surface area contributed by atoms with Gasteiger partial charge >= 0.3 is 6.09 Å². The SMILES string of the molecule is CC1(NC(=O)O[C@@H]2CC[C@H](c3cc(NC(=O)[C@@H]4CCN(S(=O)(=O)C5CC5)C4)n[nH]3)C2)CCC1. The van der Waals surface area contributed by atoms with Crippen LogP contribution in [-0.2, 0) is 19.6 Å². The first-order chi connectivity index (χ1) is 15.7. The molecule has 4 fully saturated rings. The molecular formula is C22H33N5O5S. The van der Waals surface area contributed by atoms with Crippen molar-refractivity contribution in [3.63, 3.8) is 0 Å². The van der Waals surface area contributed by atoms with Crippen molar-refractivity contribution in [2.45, 2.75) is 87.5 Å². The van der Waals surface area contributed by atoms with Crippen LogP contribution < -0.4 is 10.6 Å². The summed E-state index contributed by atoms with van der Waals surface area (Å²) in [5, 5.41) is 12.8. The molecule has 11 heteroatoms. The molecule has 10 nitrogen and oxygen atoms in total. The number of rotatable bonds is 7. The number of carbonyl (C=O) groups excluding carboxylic acids is 2. The summed E-state index contributed by atoms with van der Waals surface area (Å²) in [6.45, 7) is 2.69. The average Bonchev–Trinajstić information content (AvgIpc) is 3.14. The number of amides is 2. The summed E-state index contributed by atoms with van der Waals surface area (Å²) in [5.74, 6) is 0.0683. The molecular weight excluding hydrogens is 446 g/mol. The van der Waals surface area contributed by atoms with Crippen molar-refractivity contribution in [3.05, 3.63) is 11.8 Å². The summed E-state index contributed by atoms with van der Waals surface area (Å²) >= 11 is 0. The van der Waals surface area contributed by atoms with E-state index in [0.717, 1.165) is 57.1 Å². The van der Waals surface area contributed by atoms with Gasteiger partial charge in [0.25, 0.3) is 0 Å². The van der Waals surface area contributed by atoms with Gasteiger partial charge in [0, 0.05) is 36.3 Å². The fraction of sp³-hybridized carbons (Fsp3) is 0.773. The third kappa shape index (κ3) is 4.89. The maximum Gasteiger partial charge on any atom is 0.407 e. The van der Waals surface area contributed by atoms with E-state index in [1.807, 2.05) is 13.0 Å². The standard InChI is InChI=1S/C22H33N5O5S/c1-22(8-2-9-22)24-21(29)32-16-4-3-14(11-16)18-12-19(26-25-18)23-20(28)15-7-10-27(13-15)33(30,31)17-5-6-17/h12,14-17H,2-11,13H2,1H3,(H,24,29)(H2,23,25,26,28)/t14-,15+,16+/m0/s1. The van der Waals surface area contributed by atoms with Crippen molar-refractivity contribution in [1.82, 2.24) is 19.8 Å². The van der Waals surface area contributed by atoms with Gasteiger partial charge in [0.15, 0.2) is 5.82 Å². The number of hydrogen-bond donors (Lipinski definition) is 3. The zero-order valence-corrected chi connectivity index (χ0v) is 19.8. The number of ether oxygens (including phenoxy) is 1. The van der Waals surface area contributed by atoms with Gasteiger partial charge in [-0.05, 0) is 64.7 Å². The highest BCUT2D eigenvalue weighted by molar-refractivity contribution is 7.90. The van der Waals surface area contributed by atoms with Crippen molar-refractivity contribution in [2.75, 3.05) is 18.4 Å². The fourth-order valence-electron chi connectivity index (χ4n) is 5.18. The molecule has 2 heterocycles. The summed E-state index contributed by atoms with van der Waals surface area (Å²) in [4.78, 5) is 24.9. The molecule has 1 aromatic rings. The minimum atomic E-state index is -3.24. The molecule has 182 valence electrons. The Kier molecular flexibility index (Phi) is 5.88. The van der Waals surface area contributed by atoms with Gasteiger partial charge in [-0.2, -0.15) is 5.10 Å². The Bertz CT molecular complexity index is 1020. The van der Waals surface area contributed by atoms with Crippen LogP contribution in [0.15, 0.2) is 6.07 Å². The van der Waals surface area contributed by atoms with Crippen LogP contribution in [0.2, 0.25) is 0 Å². The van der Waals surface area contributed by atoms with Crippen LogP contribution in [0.25, 0.3) is 0 Å². The van der Waals surface area contributed by atoms with Crippen LogP contribution in [0.3, 0.4) is 0 Å². The topological polar surface area (TPSA) is 133 Å². The Morgan fingerprint density at radius 3 is 2.70 bits per heavy atom. The van der Waals surface area contributed by atoms with E-state index in [1.165, 1.54) is 4.31 Å². The van der Waals surface area contributed by atoms with E-state index in [1.54, 1.807) is 0 Å². The average molecular weight is 480 g/mol. The molecule has 3 atom stereocenters. The Balaban J connectivity index is 1.09. The number of sulfonamides is 1. The van der Waals surface area contributed by atoms with Crippen molar-refractivity contribution in [2.24, 2.45) is 5.92 Å². The number of aromatic amines is 1. The molecule has 3 N–H and O–H groups in total. The van der Waals surface area contributed by atoms with Gasteiger partial charge in [0.05, 0.1) is 11.2 Å². The van der Waals surface area contributed by atoms with E-state index >= 15 is 0 Å². The van der Waals surface area contributed by atoms with Crippen molar-refractivity contribution < 1.29 is 22.7 Å². The highest BCUT2D eigenvalue weighted by Crippen LogP contribution is 2.37. The minimum Gasteiger partial charge on any atom is -0.446 e. The molecule has 33 heavy (non-hydrogen) atoms. The molecule has 0 aromatic carbocycles. The summed E-state index contributed by atoms with van der Waals surface area (Å²) in [5.41, 5.74) is 0.788. The van der Waals surface area contributed by atoms with Crippen LogP contribution in [0.5, 0.6) is 0 Å². The van der Waals surface area contributed by atoms with E-state index in [2.05, 4.69) is 20.8 Å². The smallest absolute Gasteiger partial charge is 0.407 e. The first kappa shape index (κ1) is 22.6. The Hall–Kier alpha value is -2.14. The summed E-state index contributed by atoms with van der Waals surface area (Å²) in [6.07, 6.45) is 7.03. The van der Waals surface area contributed by atoms with Crippen molar-refractivity contribution in [1.29, 1.82) is 0 Å². The lowest BCUT2D eigenvalue weighted by Crippen LogP contribution is -2.51. The van der Waals surface area contributed by atoms with E-state index < -0.39 is 10.0 Å². The second-order valence-electron chi connectivity index (χ2n) is 10.4. The van der Waals surface area contributed by atoms with Gasteiger partial charge in [0.1, 0.15) is 6.10 Å². The molecule has 1 aromatic heterocycles. The van der Waals surface area contributed by atoms with Crippen LogP contribution in [0, 0.1) is 5.92 Å². The first-order valence-electron chi connectivity index (χ1n) is 12.1. The van der Waals surface area contributed by atoms with Gasteiger partial charge in [-0.25, -0.2) is 17.5 Å². The zero-order valence-electron chi connectivity index (χ0n) is 19.0. The van der Waals surface area contributed by atoms with Gasteiger partial charge in [-0.15, -0.1) is 0 Å². The first-order valence-corrected chi connectivity index (χ1v) is 13.6. The number of aromatic nitrogens is 2. The maximum absolute atomic E-state index is 12.7. The molecule has 0 bridgehead atoms. The van der Waals surface area contributed by atoms with Crippen molar-refractivity contribution in [3.8, 4) is 0 Å². The normalized spacial score (nSPS) is 29.4. The second-order valence-corrected chi connectivity index (χ2v) is 12.6. The highest BCUT2D eigenvalue weighted by Gasteiger charge is 2.44. The van der Waals surface area contributed by atoms with Gasteiger partial charge in [0.2, 0.25) is 15.9 Å². The second kappa shape index (κ2) is 8.57. The van der Waals surface area contributed by atoms with Gasteiger partial charge in [-0.1, -0.05) is 0 Å². The lowest BCUT2D eigenvalue weighted by Gasteiger charge is -2.38. The van der Waals surface area contributed by atoms with E-state index in [0.29, 0.717) is 18.8 Å². The predicted octanol–water partition coefficient (Wildman–Crippen LogP) is 2.47. The van der Waals surface area contributed by atoms with Crippen LogP contribution in [0.1, 0.15) is 76.3 Å². The summed E-state index contributed by atoms with van der Waals surface area (Å²) in [7, 11) is -3.24. The number of anilines is 1. The molecule has 4 aliphatic rings. The minimum absolute atomic E-state index is 0.121. The van der Waals surface area contributed by atoms with E-state index in [9.17, 15) is 18.0 Å².